The van der Waals surface area contributed by atoms with Crippen LogP contribution in [0.4, 0.5) is 0 Å². The number of hydrogen-bond donors (Lipinski definition) is 1. The highest BCUT2D eigenvalue weighted by molar-refractivity contribution is 7.12. The van der Waals surface area contributed by atoms with Gasteiger partial charge >= 0.3 is 5.97 Å². The molecule has 27 heavy (non-hydrogen) atoms. The van der Waals surface area contributed by atoms with Crippen LogP contribution in [0.15, 0.2) is 35.0 Å². The van der Waals surface area contributed by atoms with E-state index in [9.17, 15) is 9.90 Å². The van der Waals surface area contributed by atoms with Crippen molar-refractivity contribution in [1.29, 1.82) is 0 Å². The summed E-state index contributed by atoms with van der Waals surface area (Å²) in [6.45, 7) is 0. The Kier molecular flexibility index (Phi) is 4.81. The Bertz CT molecular complexity index is 769. The van der Waals surface area contributed by atoms with Crippen molar-refractivity contribution in [2.45, 2.75) is 48.8 Å². The van der Waals surface area contributed by atoms with E-state index in [4.69, 9.17) is 9.47 Å². The molecule has 8 heteroatoms. The average Bonchev–Trinajstić information content (AvgIpc) is 2.98. The number of piperidine rings is 1. The maximum atomic E-state index is 13.1. The van der Waals surface area contributed by atoms with E-state index in [1.807, 2.05) is 22.9 Å². The van der Waals surface area contributed by atoms with Gasteiger partial charge in [-0.2, -0.15) is 0 Å². The van der Waals surface area contributed by atoms with Crippen molar-refractivity contribution >= 4 is 28.6 Å². The third-order valence-corrected chi connectivity index (χ3v) is 8.32. The summed E-state index contributed by atoms with van der Waals surface area (Å²) in [4.78, 5) is 14.3. The number of fused-ring (bicyclic) bond motifs is 5. The zero-order valence-electron chi connectivity index (χ0n) is 15.1. The second kappa shape index (κ2) is 6.64. The van der Waals surface area contributed by atoms with Gasteiger partial charge in [-0.05, 0) is 22.9 Å². The third kappa shape index (κ3) is 2.84. The van der Waals surface area contributed by atoms with Gasteiger partial charge in [-0.15, -0.1) is 22.7 Å². The highest BCUT2D eigenvalue weighted by Crippen LogP contribution is 2.52. The molecule has 1 unspecified atom stereocenters. The molecule has 2 aromatic rings. The molecule has 0 saturated carbocycles. The summed E-state index contributed by atoms with van der Waals surface area (Å²) < 4.78 is 12.6. The Morgan fingerprint density at radius 3 is 2.11 bits per heavy atom. The molecule has 1 N–H and O–H groups in total. The van der Waals surface area contributed by atoms with Crippen LogP contribution in [0.3, 0.4) is 0 Å². The molecule has 5 rings (SSSR count). The van der Waals surface area contributed by atoms with Gasteiger partial charge in [-0.3, -0.25) is 0 Å². The first-order valence-corrected chi connectivity index (χ1v) is 10.7. The number of esters is 1. The first-order chi connectivity index (χ1) is 12.4. The standard InChI is InChI=1S/C19H22NO4S2.BrH/c1-20(2)12-9-11(10-13(20)17-16(12)24-17)23-18(21)19(22,14-5-3-7-25-14)15-6-4-8-26-15;/h3-8,11-13,16-17,22H,9-10H2,1-2H3;1H/q+1;/p-1/t11?,12-,13+,16-,17+;. The van der Waals surface area contributed by atoms with Crippen molar-refractivity contribution in [1.82, 2.24) is 0 Å². The van der Waals surface area contributed by atoms with Gasteiger partial charge in [0.25, 0.3) is 0 Å². The van der Waals surface area contributed by atoms with E-state index >= 15 is 0 Å². The molecule has 146 valence electrons. The topological polar surface area (TPSA) is 59.1 Å². The normalized spacial score (nSPS) is 33.1. The minimum absolute atomic E-state index is 0. The number of rotatable bonds is 4. The summed E-state index contributed by atoms with van der Waals surface area (Å²) in [5, 5.41) is 15.1. The second-order valence-electron chi connectivity index (χ2n) is 7.99. The highest BCUT2D eigenvalue weighted by atomic mass is 79.9. The number of thiophene rings is 2. The van der Waals surface area contributed by atoms with Crippen LogP contribution < -0.4 is 17.0 Å². The Hall–Kier alpha value is -0.770. The summed E-state index contributed by atoms with van der Waals surface area (Å²) in [7, 11) is 4.49. The number of quaternary nitrogens is 1. The number of halogens is 1. The molecule has 0 aromatic carbocycles. The van der Waals surface area contributed by atoms with Gasteiger partial charge in [0.05, 0.1) is 23.8 Å². The van der Waals surface area contributed by atoms with Crippen LogP contribution >= 0.6 is 22.7 Å². The molecular weight excluding hydrogens is 450 g/mol. The zero-order valence-corrected chi connectivity index (χ0v) is 18.3. The van der Waals surface area contributed by atoms with E-state index < -0.39 is 11.6 Å². The number of carbonyl (C=O) groups is 1. The summed E-state index contributed by atoms with van der Waals surface area (Å²) >= 11 is 2.74. The molecule has 3 aliphatic heterocycles. The molecule has 3 fully saturated rings. The minimum atomic E-state index is -1.72. The van der Waals surface area contributed by atoms with E-state index in [0.29, 0.717) is 34.0 Å². The molecule has 0 radical (unpaired) electrons. The van der Waals surface area contributed by atoms with E-state index in [0.717, 1.165) is 17.3 Å². The van der Waals surface area contributed by atoms with Gasteiger partial charge < -0.3 is 36.0 Å². The van der Waals surface area contributed by atoms with Gasteiger partial charge in [0, 0.05) is 12.8 Å². The van der Waals surface area contributed by atoms with Crippen molar-refractivity contribution in [3.63, 3.8) is 0 Å². The van der Waals surface area contributed by atoms with Crippen molar-refractivity contribution in [3.8, 4) is 0 Å². The van der Waals surface area contributed by atoms with E-state index in [2.05, 4.69) is 14.1 Å². The van der Waals surface area contributed by atoms with Crippen LogP contribution in [0, 0.1) is 0 Å². The fourth-order valence-corrected chi connectivity index (χ4v) is 6.54. The first kappa shape index (κ1) is 19.5. The van der Waals surface area contributed by atoms with Crippen LogP contribution in [0.2, 0.25) is 0 Å². The highest BCUT2D eigenvalue weighted by Gasteiger charge is 2.71. The Labute approximate surface area is 176 Å². The zero-order chi connectivity index (χ0) is 18.1. The van der Waals surface area contributed by atoms with E-state index in [-0.39, 0.29) is 23.1 Å². The van der Waals surface area contributed by atoms with Crippen LogP contribution in [-0.2, 0) is 19.9 Å². The molecule has 2 bridgehead atoms. The van der Waals surface area contributed by atoms with Gasteiger partial charge in [0.2, 0.25) is 5.60 Å². The lowest BCUT2D eigenvalue weighted by Crippen LogP contribution is -3.00. The fourth-order valence-electron chi connectivity index (χ4n) is 4.83. The lowest BCUT2D eigenvalue weighted by atomic mass is 9.95. The molecule has 2 aromatic heterocycles. The van der Waals surface area contributed by atoms with Crippen molar-refractivity contribution in [2.75, 3.05) is 14.1 Å². The lowest BCUT2D eigenvalue weighted by molar-refractivity contribution is -0.938. The number of nitrogens with zero attached hydrogens (tertiary/aromatic N) is 1. The number of likely N-dealkylation sites (N-methyl/N-ethyl adjacent to an activating group) is 1. The SMILES string of the molecule is C[N+]1(C)[C@@H]2CC(OC(=O)C(O)(c3cccs3)c3cccs3)C[C@H]1[C@@H]1O[C@@H]12.[Br-]. The van der Waals surface area contributed by atoms with Crippen molar-refractivity contribution in [2.24, 2.45) is 0 Å². The van der Waals surface area contributed by atoms with Crippen molar-refractivity contribution < 1.29 is 40.8 Å². The van der Waals surface area contributed by atoms with Gasteiger partial charge in [-0.25, -0.2) is 4.79 Å². The minimum Gasteiger partial charge on any atom is -1.00 e. The lowest BCUT2D eigenvalue weighted by Gasteiger charge is -2.45. The summed E-state index contributed by atoms with van der Waals surface area (Å²) in [5.41, 5.74) is -1.72. The quantitative estimate of drug-likeness (QED) is 0.365. The predicted octanol–water partition coefficient (Wildman–Crippen LogP) is -0.650. The Balaban J connectivity index is 0.00000180. The summed E-state index contributed by atoms with van der Waals surface area (Å²) in [6.07, 6.45) is 2.05. The monoisotopic (exact) mass is 471 g/mol. The average molecular weight is 472 g/mol. The maximum absolute atomic E-state index is 13.1. The number of carbonyl (C=O) groups excluding carboxylic acids is 1. The number of aliphatic hydroxyl groups is 1. The first-order valence-electron chi connectivity index (χ1n) is 8.92. The largest absolute Gasteiger partial charge is 1.00 e. The Morgan fingerprint density at radius 2 is 1.67 bits per heavy atom. The number of ether oxygens (including phenoxy) is 2. The van der Waals surface area contributed by atoms with Crippen LogP contribution in [0.5, 0.6) is 0 Å². The van der Waals surface area contributed by atoms with Crippen molar-refractivity contribution in [3.05, 3.63) is 44.8 Å². The van der Waals surface area contributed by atoms with Gasteiger partial charge in [-0.1, -0.05) is 12.1 Å². The predicted molar refractivity (Wildman–Crippen MR) is 99.1 cm³/mol. The van der Waals surface area contributed by atoms with Crippen LogP contribution in [-0.4, -0.2) is 60.0 Å². The third-order valence-electron chi connectivity index (χ3n) is 6.36. The maximum Gasteiger partial charge on any atom is 0.349 e. The Morgan fingerprint density at radius 1 is 1.15 bits per heavy atom. The van der Waals surface area contributed by atoms with Crippen LogP contribution in [0.25, 0.3) is 0 Å². The fraction of sp³-hybridized carbons (Fsp3) is 0.526. The van der Waals surface area contributed by atoms with E-state index in [1.165, 1.54) is 22.7 Å². The number of hydrogen-bond acceptors (Lipinski definition) is 6. The van der Waals surface area contributed by atoms with E-state index in [1.54, 1.807) is 12.1 Å². The second-order valence-corrected chi connectivity index (χ2v) is 9.89. The van der Waals surface area contributed by atoms with Gasteiger partial charge in [0.15, 0.2) is 0 Å². The summed E-state index contributed by atoms with van der Waals surface area (Å²) in [6, 6.07) is 8.01. The molecule has 3 aliphatic rings. The summed E-state index contributed by atoms with van der Waals surface area (Å²) in [5.74, 6) is -0.561. The van der Waals surface area contributed by atoms with Gasteiger partial charge in [0.1, 0.15) is 30.4 Å². The molecule has 5 heterocycles. The molecule has 0 aliphatic carbocycles. The number of morpholine rings is 1. The molecule has 0 spiro atoms. The molecule has 5 atom stereocenters. The molecular formula is C19H22BrNO4S2. The molecule has 5 nitrogen and oxygen atoms in total. The molecule has 0 amide bonds. The smallest absolute Gasteiger partial charge is 0.349 e. The molecule has 3 saturated heterocycles. The van der Waals surface area contributed by atoms with Crippen LogP contribution in [0.1, 0.15) is 22.6 Å². The number of epoxide rings is 1.